The van der Waals surface area contributed by atoms with Crippen molar-refractivity contribution in [1.29, 1.82) is 0 Å². The molecule has 1 rings (SSSR count). The maximum absolute atomic E-state index is 11.9. The van der Waals surface area contributed by atoms with Gasteiger partial charge in [0, 0.05) is 11.9 Å². The molecule has 0 saturated heterocycles. The second kappa shape index (κ2) is 3.51. The molecule has 0 aliphatic heterocycles. The van der Waals surface area contributed by atoms with Gasteiger partial charge in [-0.3, -0.25) is 4.68 Å². The van der Waals surface area contributed by atoms with E-state index in [0.29, 0.717) is 12.5 Å². The molecule has 0 aliphatic rings. The highest BCUT2D eigenvalue weighted by Crippen LogP contribution is 2.12. The highest BCUT2D eigenvalue weighted by atomic mass is 19.1. The molecule has 0 saturated carbocycles. The summed E-state index contributed by atoms with van der Waals surface area (Å²) in [7, 11) is 0. The molecular weight excluding hydrogens is 143 g/mol. The Morgan fingerprint density at radius 3 is 2.91 bits per heavy atom. The second-order valence-electron chi connectivity index (χ2n) is 2.82. The number of aromatic nitrogens is 2. The minimum Gasteiger partial charge on any atom is -0.267 e. The SMILES string of the molecule is CC(C)c1ccnn1CCF. The minimum absolute atomic E-state index is 0.346. The zero-order chi connectivity index (χ0) is 8.27. The molecule has 0 radical (unpaired) electrons. The Kier molecular flexibility index (Phi) is 2.63. The first-order valence-corrected chi connectivity index (χ1v) is 3.83. The van der Waals surface area contributed by atoms with Crippen LogP contribution in [-0.4, -0.2) is 16.5 Å². The molecule has 3 heteroatoms. The first-order chi connectivity index (χ1) is 5.25. The molecule has 1 aromatic rings. The van der Waals surface area contributed by atoms with E-state index in [1.54, 1.807) is 10.9 Å². The summed E-state index contributed by atoms with van der Waals surface area (Å²) >= 11 is 0. The van der Waals surface area contributed by atoms with Gasteiger partial charge in [-0.15, -0.1) is 0 Å². The summed E-state index contributed by atoms with van der Waals surface area (Å²) in [5.74, 6) is 0.420. The van der Waals surface area contributed by atoms with Gasteiger partial charge in [0.05, 0.1) is 6.54 Å². The van der Waals surface area contributed by atoms with Crippen LogP contribution in [0.5, 0.6) is 0 Å². The largest absolute Gasteiger partial charge is 0.267 e. The van der Waals surface area contributed by atoms with E-state index in [4.69, 9.17) is 0 Å². The van der Waals surface area contributed by atoms with Gasteiger partial charge in [-0.1, -0.05) is 13.8 Å². The maximum Gasteiger partial charge on any atom is 0.109 e. The number of nitrogens with zero attached hydrogens (tertiary/aromatic N) is 2. The second-order valence-corrected chi connectivity index (χ2v) is 2.82. The Labute approximate surface area is 66.0 Å². The molecule has 2 nitrogen and oxygen atoms in total. The van der Waals surface area contributed by atoms with Gasteiger partial charge in [0.25, 0.3) is 0 Å². The molecule has 0 bridgehead atoms. The van der Waals surface area contributed by atoms with Crippen LogP contribution in [0.3, 0.4) is 0 Å². The van der Waals surface area contributed by atoms with Crippen molar-refractivity contribution in [3.8, 4) is 0 Å². The van der Waals surface area contributed by atoms with Crippen molar-refractivity contribution in [1.82, 2.24) is 9.78 Å². The molecule has 0 aliphatic carbocycles. The Balaban J connectivity index is 2.78. The van der Waals surface area contributed by atoms with E-state index in [-0.39, 0.29) is 6.67 Å². The van der Waals surface area contributed by atoms with Crippen LogP contribution in [0.2, 0.25) is 0 Å². The summed E-state index contributed by atoms with van der Waals surface area (Å²) in [4.78, 5) is 0. The lowest BCUT2D eigenvalue weighted by atomic mass is 10.1. The van der Waals surface area contributed by atoms with Gasteiger partial charge in [-0.05, 0) is 12.0 Å². The lowest BCUT2D eigenvalue weighted by Gasteiger charge is -2.07. The van der Waals surface area contributed by atoms with Crippen molar-refractivity contribution in [3.05, 3.63) is 18.0 Å². The number of halogens is 1. The van der Waals surface area contributed by atoms with Gasteiger partial charge < -0.3 is 0 Å². The molecule has 62 valence electrons. The monoisotopic (exact) mass is 156 g/mol. The average Bonchev–Trinajstić information content (AvgIpc) is 2.36. The standard InChI is InChI=1S/C8H13FN2/c1-7(2)8-3-5-10-11(8)6-4-9/h3,5,7H,4,6H2,1-2H3. The van der Waals surface area contributed by atoms with E-state index in [1.165, 1.54) is 0 Å². The number of alkyl halides is 1. The molecule has 11 heavy (non-hydrogen) atoms. The number of hydrogen-bond acceptors (Lipinski definition) is 1. The maximum atomic E-state index is 11.9. The molecule has 0 unspecified atom stereocenters. The summed E-state index contributed by atoms with van der Waals surface area (Å²) in [5, 5.41) is 4.00. The molecule has 0 aromatic carbocycles. The molecule has 1 heterocycles. The van der Waals surface area contributed by atoms with Gasteiger partial charge >= 0.3 is 0 Å². The number of hydrogen-bond donors (Lipinski definition) is 0. The average molecular weight is 156 g/mol. The summed E-state index contributed by atoms with van der Waals surface area (Å²) in [6.45, 7) is 4.18. The third kappa shape index (κ3) is 1.79. The summed E-state index contributed by atoms with van der Waals surface area (Å²) in [5.41, 5.74) is 1.10. The van der Waals surface area contributed by atoms with Crippen LogP contribution in [0, 0.1) is 0 Å². The first kappa shape index (κ1) is 8.24. The van der Waals surface area contributed by atoms with Crippen LogP contribution in [0.4, 0.5) is 4.39 Å². The Morgan fingerprint density at radius 2 is 2.36 bits per heavy atom. The fourth-order valence-electron chi connectivity index (χ4n) is 1.10. The Bertz CT molecular complexity index is 218. The zero-order valence-corrected chi connectivity index (χ0v) is 6.92. The molecule has 0 fully saturated rings. The van der Waals surface area contributed by atoms with Crippen LogP contribution in [-0.2, 0) is 6.54 Å². The summed E-state index contributed by atoms with van der Waals surface area (Å²) < 4.78 is 13.7. The van der Waals surface area contributed by atoms with Crippen molar-refractivity contribution >= 4 is 0 Å². The molecule has 0 amide bonds. The predicted octanol–water partition coefficient (Wildman–Crippen LogP) is 1.98. The van der Waals surface area contributed by atoms with E-state index in [0.717, 1.165) is 5.69 Å². The number of rotatable bonds is 3. The molecule has 0 spiro atoms. The van der Waals surface area contributed by atoms with E-state index in [2.05, 4.69) is 18.9 Å². The van der Waals surface area contributed by atoms with Gasteiger partial charge in [0.15, 0.2) is 0 Å². The van der Waals surface area contributed by atoms with Crippen LogP contribution in [0.25, 0.3) is 0 Å². The van der Waals surface area contributed by atoms with Crippen molar-refractivity contribution < 1.29 is 4.39 Å². The summed E-state index contributed by atoms with van der Waals surface area (Å²) in [6.07, 6.45) is 1.71. The topological polar surface area (TPSA) is 17.8 Å². The molecule has 0 N–H and O–H groups in total. The first-order valence-electron chi connectivity index (χ1n) is 3.83. The third-order valence-corrected chi connectivity index (χ3v) is 1.64. The quantitative estimate of drug-likeness (QED) is 0.654. The highest BCUT2D eigenvalue weighted by molar-refractivity contribution is 5.05. The Morgan fingerprint density at radius 1 is 1.64 bits per heavy atom. The van der Waals surface area contributed by atoms with E-state index in [9.17, 15) is 4.39 Å². The van der Waals surface area contributed by atoms with E-state index < -0.39 is 0 Å². The van der Waals surface area contributed by atoms with Crippen LogP contribution < -0.4 is 0 Å². The highest BCUT2D eigenvalue weighted by Gasteiger charge is 2.04. The van der Waals surface area contributed by atoms with Crippen molar-refractivity contribution in [2.24, 2.45) is 0 Å². The van der Waals surface area contributed by atoms with Crippen LogP contribution >= 0.6 is 0 Å². The van der Waals surface area contributed by atoms with Gasteiger partial charge in [0.1, 0.15) is 6.67 Å². The molecule has 0 atom stereocenters. The molecular formula is C8H13FN2. The lowest BCUT2D eigenvalue weighted by molar-refractivity contribution is 0.417. The molecule has 1 aromatic heterocycles. The Hall–Kier alpha value is -0.860. The normalized spacial score (nSPS) is 10.9. The van der Waals surface area contributed by atoms with Gasteiger partial charge in [-0.25, -0.2) is 4.39 Å². The van der Waals surface area contributed by atoms with Gasteiger partial charge in [-0.2, -0.15) is 5.10 Å². The summed E-state index contributed by atoms with van der Waals surface area (Å²) in [6, 6.07) is 1.93. The lowest BCUT2D eigenvalue weighted by Crippen LogP contribution is -2.07. The zero-order valence-electron chi connectivity index (χ0n) is 6.92. The minimum atomic E-state index is -0.346. The predicted molar refractivity (Wildman–Crippen MR) is 42.3 cm³/mol. The number of aryl methyl sites for hydroxylation is 1. The van der Waals surface area contributed by atoms with E-state index in [1.807, 2.05) is 6.07 Å². The van der Waals surface area contributed by atoms with Crippen LogP contribution in [0.1, 0.15) is 25.5 Å². The van der Waals surface area contributed by atoms with E-state index >= 15 is 0 Å². The smallest absolute Gasteiger partial charge is 0.109 e. The fourth-order valence-corrected chi connectivity index (χ4v) is 1.10. The van der Waals surface area contributed by atoms with Crippen molar-refractivity contribution in [2.45, 2.75) is 26.3 Å². The fraction of sp³-hybridized carbons (Fsp3) is 0.625. The van der Waals surface area contributed by atoms with Gasteiger partial charge in [0.2, 0.25) is 0 Å². The third-order valence-electron chi connectivity index (χ3n) is 1.64. The van der Waals surface area contributed by atoms with Crippen molar-refractivity contribution in [3.63, 3.8) is 0 Å². The van der Waals surface area contributed by atoms with Crippen molar-refractivity contribution in [2.75, 3.05) is 6.67 Å². The van der Waals surface area contributed by atoms with Crippen LogP contribution in [0.15, 0.2) is 12.3 Å².